The van der Waals surface area contributed by atoms with E-state index in [2.05, 4.69) is 37.6 Å². The standard InChI is InChI=1S/C24H28N6O2/c1-16(2)23(31)28-22-8-3-17(15-20(22)25)21-9-10-26-24(29-21)27-18-4-6-19(7-5-18)30-11-13-32-14-12-30/h3-10,15-16H,11-14,25H2,1-2H3,(H,28,31)(H,26,27,29). The van der Waals surface area contributed by atoms with E-state index in [1.54, 1.807) is 18.3 Å². The van der Waals surface area contributed by atoms with Crippen molar-refractivity contribution in [2.45, 2.75) is 13.8 Å². The van der Waals surface area contributed by atoms with Crippen LogP contribution in [0.1, 0.15) is 13.8 Å². The lowest BCUT2D eigenvalue weighted by Crippen LogP contribution is -2.36. The highest BCUT2D eigenvalue weighted by molar-refractivity contribution is 5.95. The minimum Gasteiger partial charge on any atom is -0.397 e. The van der Waals surface area contributed by atoms with E-state index in [0.717, 1.165) is 43.2 Å². The van der Waals surface area contributed by atoms with Crippen LogP contribution in [-0.4, -0.2) is 42.2 Å². The molecule has 0 bridgehead atoms. The molecule has 1 saturated heterocycles. The Labute approximate surface area is 187 Å². The average molecular weight is 433 g/mol. The Morgan fingerprint density at radius 1 is 1.09 bits per heavy atom. The van der Waals surface area contributed by atoms with E-state index in [1.165, 1.54) is 5.69 Å². The molecule has 32 heavy (non-hydrogen) atoms. The van der Waals surface area contributed by atoms with Crippen LogP contribution in [0.4, 0.5) is 28.7 Å². The van der Waals surface area contributed by atoms with Crippen molar-refractivity contribution in [2.75, 3.05) is 47.6 Å². The number of morpholine rings is 1. The molecule has 0 saturated carbocycles. The van der Waals surface area contributed by atoms with Gasteiger partial charge in [0.05, 0.1) is 30.3 Å². The number of carbonyl (C=O) groups is 1. The molecule has 1 fully saturated rings. The van der Waals surface area contributed by atoms with Gasteiger partial charge in [0.15, 0.2) is 0 Å². The Balaban J connectivity index is 1.46. The Bertz CT molecular complexity index is 1080. The number of rotatable bonds is 6. The number of nitrogens with one attached hydrogen (secondary N) is 2. The lowest BCUT2D eigenvalue weighted by atomic mass is 10.1. The summed E-state index contributed by atoms with van der Waals surface area (Å²) in [5, 5.41) is 6.10. The molecule has 8 heteroatoms. The topological polar surface area (TPSA) is 105 Å². The van der Waals surface area contributed by atoms with Gasteiger partial charge in [-0.3, -0.25) is 4.79 Å². The number of hydrogen-bond donors (Lipinski definition) is 3. The zero-order valence-electron chi connectivity index (χ0n) is 18.3. The van der Waals surface area contributed by atoms with E-state index in [1.807, 2.05) is 38.1 Å². The van der Waals surface area contributed by atoms with Crippen molar-refractivity contribution in [2.24, 2.45) is 5.92 Å². The van der Waals surface area contributed by atoms with Crippen molar-refractivity contribution in [3.05, 3.63) is 54.7 Å². The number of benzene rings is 2. The first-order valence-electron chi connectivity index (χ1n) is 10.7. The van der Waals surface area contributed by atoms with Crippen LogP contribution in [0, 0.1) is 5.92 Å². The molecule has 2 heterocycles. The second kappa shape index (κ2) is 9.65. The molecule has 2 aromatic carbocycles. The first-order valence-corrected chi connectivity index (χ1v) is 10.7. The van der Waals surface area contributed by atoms with Gasteiger partial charge in [0.2, 0.25) is 11.9 Å². The zero-order chi connectivity index (χ0) is 22.5. The zero-order valence-corrected chi connectivity index (χ0v) is 18.3. The van der Waals surface area contributed by atoms with Gasteiger partial charge in [-0.25, -0.2) is 9.97 Å². The highest BCUT2D eigenvalue weighted by atomic mass is 16.5. The third-order valence-electron chi connectivity index (χ3n) is 5.28. The van der Waals surface area contributed by atoms with Crippen LogP contribution in [-0.2, 0) is 9.53 Å². The smallest absolute Gasteiger partial charge is 0.227 e. The molecule has 0 atom stereocenters. The summed E-state index contributed by atoms with van der Waals surface area (Å²) in [5.74, 6) is 0.308. The van der Waals surface area contributed by atoms with Gasteiger partial charge in [-0.2, -0.15) is 0 Å². The highest BCUT2D eigenvalue weighted by Crippen LogP contribution is 2.27. The molecule has 0 spiro atoms. The molecule has 8 nitrogen and oxygen atoms in total. The van der Waals surface area contributed by atoms with Crippen LogP contribution in [0.15, 0.2) is 54.7 Å². The van der Waals surface area contributed by atoms with Crippen LogP contribution in [0.5, 0.6) is 0 Å². The summed E-state index contributed by atoms with van der Waals surface area (Å²) in [5.41, 5.74) is 10.9. The number of nitrogens with zero attached hydrogens (tertiary/aromatic N) is 3. The predicted molar refractivity (Wildman–Crippen MR) is 128 cm³/mol. The van der Waals surface area contributed by atoms with Crippen LogP contribution < -0.4 is 21.3 Å². The van der Waals surface area contributed by atoms with E-state index >= 15 is 0 Å². The Hall–Kier alpha value is -3.65. The van der Waals surface area contributed by atoms with Crippen molar-refractivity contribution in [3.8, 4) is 11.3 Å². The quantitative estimate of drug-likeness (QED) is 0.507. The van der Waals surface area contributed by atoms with E-state index in [0.29, 0.717) is 17.3 Å². The fraction of sp³-hybridized carbons (Fsp3) is 0.292. The van der Waals surface area contributed by atoms with Gasteiger partial charge in [-0.15, -0.1) is 0 Å². The van der Waals surface area contributed by atoms with Gasteiger partial charge in [0, 0.05) is 42.1 Å². The second-order valence-electron chi connectivity index (χ2n) is 7.98. The molecular weight excluding hydrogens is 404 g/mol. The monoisotopic (exact) mass is 432 g/mol. The third kappa shape index (κ3) is 5.15. The summed E-state index contributed by atoms with van der Waals surface area (Å²) in [6.45, 7) is 7.01. The number of ether oxygens (including phenoxy) is 1. The van der Waals surface area contributed by atoms with Gasteiger partial charge in [-0.05, 0) is 42.5 Å². The van der Waals surface area contributed by atoms with Crippen molar-refractivity contribution in [1.29, 1.82) is 0 Å². The lowest BCUT2D eigenvalue weighted by Gasteiger charge is -2.28. The van der Waals surface area contributed by atoms with Crippen molar-refractivity contribution < 1.29 is 9.53 Å². The minimum atomic E-state index is -0.118. The molecule has 0 unspecified atom stereocenters. The van der Waals surface area contributed by atoms with Crippen LogP contribution in [0.2, 0.25) is 0 Å². The Kier molecular flexibility index (Phi) is 6.51. The maximum atomic E-state index is 11.9. The summed E-state index contributed by atoms with van der Waals surface area (Å²) in [4.78, 5) is 23.2. The molecular formula is C24H28N6O2. The average Bonchev–Trinajstić information content (AvgIpc) is 2.81. The number of carbonyl (C=O) groups excluding carboxylic acids is 1. The van der Waals surface area contributed by atoms with Crippen molar-refractivity contribution >= 4 is 34.6 Å². The number of nitrogens with two attached hydrogens (primary N) is 1. The summed E-state index contributed by atoms with van der Waals surface area (Å²) in [6, 6.07) is 15.5. The fourth-order valence-corrected chi connectivity index (χ4v) is 3.40. The lowest BCUT2D eigenvalue weighted by molar-refractivity contribution is -0.118. The number of aromatic nitrogens is 2. The van der Waals surface area contributed by atoms with E-state index in [4.69, 9.17) is 10.5 Å². The number of anilines is 5. The van der Waals surface area contributed by atoms with Gasteiger partial charge >= 0.3 is 0 Å². The van der Waals surface area contributed by atoms with Crippen molar-refractivity contribution in [3.63, 3.8) is 0 Å². The first-order chi connectivity index (χ1) is 15.5. The minimum absolute atomic E-state index is 0.0717. The van der Waals surface area contributed by atoms with Crippen LogP contribution in [0.3, 0.4) is 0 Å². The van der Waals surface area contributed by atoms with E-state index in [9.17, 15) is 4.79 Å². The molecule has 0 aliphatic carbocycles. The predicted octanol–water partition coefficient (Wildman–Crippen LogP) is 3.90. The number of nitrogen functional groups attached to an aromatic ring is 1. The Morgan fingerprint density at radius 3 is 2.53 bits per heavy atom. The molecule has 0 radical (unpaired) electrons. The largest absolute Gasteiger partial charge is 0.397 e. The highest BCUT2D eigenvalue weighted by Gasteiger charge is 2.12. The Morgan fingerprint density at radius 2 is 1.84 bits per heavy atom. The van der Waals surface area contributed by atoms with E-state index in [-0.39, 0.29) is 11.8 Å². The molecule has 3 aromatic rings. The summed E-state index contributed by atoms with van der Waals surface area (Å²) in [7, 11) is 0. The van der Waals surface area contributed by atoms with Gasteiger partial charge in [-0.1, -0.05) is 19.9 Å². The summed E-state index contributed by atoms with van der Waals surface area (Å²) >= 11 is 0. The number of hydrogen-bond acceptors (Lipinski definition) is 7. The summed E-state index contributed by atoms with van der Waals surface area (Å²) in [6.07, 6.45) is 1.71. The molecule has 4 rings (SSSR count). The van der Waals surface area contributed by atoms with Gasteiger partial charge < -0.3 is 26.0 Å². The SMILES string of the molecule is CC(C)C(=O)Nc1ccc(-c2ccnc(Nc3ccc(N4CCOCC4)cc3)n2)cc1N. The van der Waals surface area contributed by atoms with Gasteiger partial charge in [0.1, 0.15) is 0 Å². The molecule has 1 aromatic heterocycles. The third-order valence-corrected chi connectivity index (χ3v) is 5.28. The van der Waals surface area contributed by atoms with E-state index < -0.39 is 0 Å². The molecule has 1 aliphatic rings. The maximum Gasteiger partial charge on any atom is 0.227 e. The normalized spacial score (nSPS) is 13.8. The van der Waals surface area contributed by atoms with Crippen molar-refractivity contribution in [1.82, 2.24) is 9.97 Å². The molecule has 1 amide bonds. The molecule has 1 aliphatic heterocycles. The van der Waals surface area contributed by atoms with Crippen LogP contribution in [0.25, 0.3) is 11.3 Å². The second-order valence-corrected chi connectivity index (χ2v) is 7.98. The van der Waals surface area contributed by atoms with Gasteiger partial charge in [0.25, 0.3) is 0 Å². The first kappa shape index (κ1) is 21.6. The summed E-state index contributed by atoms with van der Waals surface area (Å²) < 4.78 is 5.41. The number of amides is 1. The van der Waals surface area contributed by atoms with Crippen LogP contribution >= 0.6 is 0 Å². The molecule has 166 valence electrons. The maximum absolute atomic E-state index is 11.9. The molecule has 4 N–H and O–H groups in total. The fourth-order valence-electron chi connectivity index (χ4n) is 3.40.